The summed E-state index contributed by atoms with van der Waals surface area (Å²) in [5, 5.41) is 0.713. The van der Waals surface area contributed by atoms with Gasteiger partial charge in [-0.1, -0.05) is 24.6 Å². The highest BCUT2D eigenvalue weighted by atomic mass is 16.4. The van der Waals surface area contributed by atoms with Crippen LogP contribution in [0.25, 0.3) is 11.0 Å². The first kappa shape index (κ1) is 14.4. The van der Waals surface area contributed by atoms with E-state index in [-0.39, 0.29) is 11.3 Å². The molecule has 0 aliphatic rings. The summed E-state index contributed by atoms with van der Waals surface area (Å²) in [7, 11) is 0. The predicted molar refractivity (Wildman–Crippen MR) is 77.7 cm³/mol. The Morgan fingerprint density at radius 1 is 1.25 bits per heavy atom. The molecule has 4 N–H and O–H groups in total. The van der Waals surface area contributed by atoms with Crippen molar-refractivity contribution < 1.29 is 9.21 Å². The zero-order valence-electron chi connectivity index (χ0n) is 11.2. The molecule has 2 rings (SSSR count). The standard InChI is InChI=1S/C15H18N2O3/c16-8-4-3-6-12(17)14(18)11-9-10-5-1-2-7-13(10)20-15(11)19/h1-2,5,7,9,12H,3-4,6,8,16-17H2/t12-/m0/s1. The molecular formula is C15H18N2O3. The van der Waals surface area contributed by atoms with Gasteiger partial charge in [-0.2, -0.15) is 0 Å². The summed E-state index contributed by atoms with van der Waals surface area (Å²) in [5.74, 6) is -0.374. The number of hydrogen-bond acceptors (Lipinski definition) is 5. The first-order chi connectivity index (χ1) is 9.63. The average molecular weight is 274 g/mol. The lowest BCUT2D eigenvalue weighted by Gasteiger charge is -2.09. The van der Waals surface area contributed by atoms with Crippen molar-refractivity contribution in [3.05, 3.63) is 46.3 Å². The first-order valence-electron chi connectivity index (χ1n) is 6.66. The normalized spacial score (nSPS) is 12.5. The summed E-state index contributed by atoms with van der Waals surface area (Å²) in [5.41, 5.74) is 11.1. The molecule has 0 radical (unpaired) electrons. The van der Waals surface area contributed by atoms with Gasteiger partial charge in [0, 0.05) is 5.39 Å². The molecule has 0 spiro atoms. The highest BCUT2D eigenvalue weighted by Gasteiger charge is 2.20. The van der Waals surface area contributed by atoms with Crippen molar-refractivity contribution >= 4 is 16.8 Å². The summed E-state index contributed by atoms with van der Waals surface area (Å²) in [6, 6.07) is 7.92. The van der Waals surface area contributed by atoms with Crippen LogP contribution in [0.1, 0.15) is 29.6 Å². The Morgan fingerprint density at radius 3 is 2.75 bits per heavy atom. The van der Waals surface area contributed by atoms with Crippen molar-refractivity contribution in [1.82, 2.24) is 0 Å². The van der Waals surface area contributed by atoms with E-state index in [1.165, 1.54) is 0 Å². The minimum Gasteiger partial charge on any atom is -0.422 e. The van der Waals surface area contributed by atoms with E-state index in [9.17, 15) is 9.59 Å². The maximum atomic E-state index is 12.2. The van der Waals surface area contributed by atoms with E-state index in [1.54, 1.807) is 24.3 Å². The molecule has 106 valence electrons. The van der Waals surface area contributed by atoms with Gasteiger partial charge in [-0.3, -0.25) is 4.79 Å². The molecule has 5 heteroatoms. The Hall–Kier alpha value is -1.98. The summed E-state index contributed by atoms with van der Waals surface area (Å²) in [6.07, 6.45) is 2.10. The fourth-order valence-electron chi connectivity index (χ4n) is 2.07. The minimum atomic E-state index is -0.689. The topological polar surface area (TPSA) is 99.3 Å². The van der Waals surface area contributed by atoms with E-state index >= 15 is 0 Å². The Kier molecular flexibility index (Phi) is 4.65. The number of para-hydroxylation sites is 1. The second-order valence-corrected chi connectivity index (χ2v) is 4.74. The fourth-order valence-corrected chi connectivity index (χ4v) is 2.07. The number of ketones is 1. The highest BCUT2D eigenvalue weighted by molar-refractivity contribution is 6.01. The molecule has 0 aliphatic carbocycles. The zero-order chi connectivity index (χ0) is 14.5. The van der Waals surface area contributed by atoms with E-state index in [2.05, 4.69) is 0 Å². The molecule has 20 heavy (non-hydrogen) atoms. The Labute approximate surface area is 116 Å². The van der Waals surface area contributed by atoms with Gasteiger partial charge in [-0.05, 0) is 31.5 Å². The van der Waals surface area contributed by atoms with Crippen molar-refractivity contribution in [2.45, 2.75) is 25.3 Å². The molecule has 1 atom stereocenters. The fraction of sp³-hybridized carbons (Fsp3) is 0.333. The van der Waals surface area contributed by atoms with Gasteiger partial charge in [-0.15, -0.1) is 0 Å². The predicted octanol–water partition coefficient (Wildman–Crippen LogP) is 1.43. The van der Waals surface area contributed by atoms with Crippen LogP contribution >= 0.6 is 0 Å². The van der Waals surface area contributed by atoms with Gasteiger partial charge in [0.1, 0.15) is 11.1 Å². The molecule has 1 aromatic carbocycles. The molecule has 1 aromatic heterocycles. The third-order valence-corrected chi connectivity index (χ3v) is 3.21. The number of Topliss-reactive ketones (excluding diaryl/α,β-unsaturated/α-hetero) is 1. The lowest BCUT2D eigenvalue weighted by atomic mass is 10.0. The van der Waals surface area contributed by atoms with Crippen molar-refractivity contribution in [2.75, 3.05) is 6.54 Å². The number of rotatable bonds is 6. The van der Waals surface area contributed by atoms with E-state index in [0.29, 0.717) is 23.9 Å². The van der Waals surface area contributed by atoms with Crippen molar-refractivity contribution in [3.63, 3.8) is 0 Å². The van der Waals surface area contributed by atoms with Gasteiger partial charge in [0.2, 0.25) is 0 Å². The van der Waals surface area contributed by atoms with Crippen LogP contribution in [0.2, 0.25) is 0 Å². The van der Waals surface area contributed by atoms with Crippen LogP contribution in [0, 0.1) is 0 Å². The molecule has 0 unspecified atom stereocenters. The number of hydrogen-bond donors (Lipinski definition) is 2. The summed E-state index contributed by atoms with van der Waals surface area (Å²) in [6.45, 7) is 0.568. The SMILES string of the molecule is NCCCC[C@H](N)C(=O)c1cc2ccccc2oc1=O. The smallest absolute Gasteiger partial charge is 0.347 e. The molecule has 2 aromatic rings. The summed E-state index contributed by atoms with van der Waals surface area (Å²) in [4.78, 5) is 24.0. The Balaban J connectivity index is 2.25. The summed E-state index contributed by atoms with van der Waals surface area (Å²) >= 11 is 0. The van der Waals surface area contributed by atoms with Crippen LogP contribution < -0.4 is 17.1 Å². The molecule has 0 bridgehead atoms. The Bertz CT molecular complexity index is 663. The maximum absolute atomic E-state index is 12.2. The molecule has 1 heterocycles. The minimum absolute atomic E-state index is 0.0175. The third kappa shape index (κ3) is 3.12. The second kappa shape index (κ2) is 6.45. The number of unbranched alkanes of at least 4 members (excludes halogenated alkanes) is 1. The van der Waals surface area contributed by atoms with E-state index < -0.39 is 11.7 Å². The zero-order valence-corrected chi connectivity index (χ0v) is 11.2. The van der Waals surface area contributed by atoms with Crippen LogP contribution in [0.3, 0.4) is 0 Å². The number of fused-ring (bicyclic) bond motifs is 1. The molecule has 5 nitrogen and oxygen atoms in total. The van der Waals surface area contributed by atoms with E-state index in [1.807, 2.05) is 6.07 Å². The first-order valence-corrected chi connectivity index (χ1v) is 6.66. The molecule has 0 fully saturated rings. The number of benzene rings is 1. The van der Waals surface area contributed by atoms with E-state index in [0.717, 1.165) is 12.8 Å². The molecule has 0 amide bonds. The molecule has 0 saturated heterocycles. The molecule has 0 saturated carbocycles. The van der Waals surface area contributed by atoms with Gasteiger partial charge < -0.3 is 15.9 Å². The highest BCUT2D eigenvalue weighted by Crippen LogP contribution is 2.14. The third-order valence-electron chi connectivity index (χ3n) is 3.21. The number of carbonyl (C=O) groups excluding carboxylic acids is 1. The number of nitrogens with two attached hydrogens (primary N) is 2. The average Bonchev–Trinajstić information content (AvgIpc) is 2.46. The van der Waals surface area contributed by atoms with Crippen molar-refractivity contribution in [1.29, 1.82) is 0 Å². The second-order valence-electron chi connectivity index (χ2n) is 4.74. The summed E-state index contributed by atoms with van der Waals surface area (Å²) < 4.78 is 5.14. The number of carbonyl (C=O) groups is 1. The van der Waals surface area contributed by atoms with Crippen LogP contribution in [0.4, 0.5) is 0 Å². The van der Waals surface area contributed by atoms with Crippen LogP contribution in [-0.4, -0.2) is 18.4 Å². The van der Waals surface area contributed by atoms with Gasteiger partial charge in [0.25, 0.3) is 0 Å². The lowest BCUT2D eigenvalue weighted by molar-refractivity contribution is 0.0952. The molecular weight excluding hydrogens is 256 g/mol. The van der Waals surface area contributed by atoms with Crippen LogP contribution in [0.15, 0.2) is 39.5 Å². The van der Waals surface area contributed by atoms with Gasteiger partial charge >= 0.3 is 5.63 Å². The van der Waals surface area contributed by atoms with E-state index in [4.69, 9.17) is 15.9 Å². The van der Waals surface area contributed by atoms with Gasteiger partial charge in [-0.25, -0.2) is 4.79 Å². The quantitative estimate of drug-likeness (QED) is 0.471. The van der Waals surface area contributed by atoms with Crippen LogP contribution in [-0.2, 0) is 0 Å². The van der Waals surface area contributed by atoms with Gasteiger partial charge in [0.15, 0.2) is 5.78 Å². The van der Waals surface area contributed by atoms with Crippen LogP contribution in [0.5, 0.6) is 0 Å². The maximum Gasteiger partial charge on any atom is 0.347 e. The van der Waals surface area contributed by atoms with Gasteiger partial charge in [0.05, 0.1) is 6.04 Å². The Morgan fingerprint density at radius 2 is 2.00 bits per heavy atom. The largest absolute Gasteiger partial charge is 0.422 e. The van der Waals surface area contributed by atoms with Crippen molar-refractivity contribution in [3.8, 4) is 0 Å². The molecule has 0 aliphatic heterocycles. The van der Waals surface area contributed by atoms with Crippen molar-refractivity contribution in [2.24, 2.45) is 11.5 Å². The monoisotopic (exact) mass is 274 g/mol. The lowest BCUT2D eigenvalue weighted by Crippen LogP contribution is -2.33.